The Kier molecular flexibility index (Phi) is 7.38. The molecule has 1 atom stereocenters. The lowest BCUT2D eigenvalue weighted by molar-refractivity contribution is -0.265. The van der Waals surface area contributed by atoms with Crippen LogP contribution in [0.25, 0.3) is 22.2 Å². The van der Waals surface area contributed by atoms with Gasteiger partial charge in [0.05, 0.1) is 32.0 Å². The first-order valence-corrected chi connectivity index (χ1v) is 14.1. The zero-order chi connectivity index (χ0) is 32.3. The van der Waals surface area contributed by atoms with Gasteiger partial charge in [-0.1, -0.05) is 13.8 Å². The summed E-state index contributed by atoms with van der Waals surface area (Å²) in [5.74, 6) is -0.559. The number of carbonyl (C=O) groups excluding carboxylic acids is 1. The molecule has 3 heterocycles. The average molecular weight is 633 g/mol. The lowest BCUT2D eigenvalue weighted by atomic mass is 9.84. The zero-order valence-corrected chi connectivity index (χ0v) is 24.4. The number of benzene rings is 2. The number of pyridine rings is 1. The second kappa shape index (κ2) is 10.9. The first-order chi connectivity index (χ1) is 21.2. The number of carbonyl (C=O) groups is 1. The van der Waals surface area contributed by atoms with Crippen LogP contribution in [0.2, 0.25) is 0 Å². The molecule has 0 bridgehead atoms. The molecule has 2 N–H and O–H groups in total. The maximum Gasteiger partial charge on any atom is 0.424 e. The van der Waals surface area contributed by atoms with E-state index in [1.54, 1.807) is 24.7 Å². The minimum atomic E-state index is -5.27. The molecule has 6 rings (SSSR count). The maximum atomic E-state index is 14.7. The van der Waals surface area contributed by atoms with Crippen LogP contribution in [0.1, 0.15) is 54.3 Å². The van der Waals surface area contributed by atoms with Crippen LogP contribution in [0.4, 0.5) is 22.0 Å². The van der Waals surface area contributed by atoms with Crippen molar-refractivity contribution < 1.29 is 46.1 Å². The monoisotopic (exact) mass is 632 g/mol. The number of rotatable bonds is 9. The van der Waals surface area contributed by atoms with Gasteiger partial charge < -0.3 is 24.6 Å². The summed E-state index contributed by atoms with van der Waals surface area (Å²) in [5.41, 5.74) is -4.05. The van der Waals surface area contributed by atoms with Crippen LogP contribution in [0.5, 0.6) is 17.2 Å². The van der Waals surface area contributed by atoms with Crippen molar-refractivity contribution in [1.29, 1.82) is 0 Å². The number of hydrogen-bond acceptors (Lipinski definition) is 7. The van der Waals surface area contributed by atoms with Crippen molar-refractivity contribution >= 4 is 16.8 Å². The number of nitrogens with one attached hydrogen (secondary N) is 1. The Morgan fingerprint density at radius 1 is 1.18 bits per heavy atom. The summed E-state index contributed by atoms with van der Waals surface area (Å²) in [6, 6.07) is 9.40. The lowest BCUT2D eigenvalue weighted by Gasteiger charge is -2.31. The SMILES string of the molecule is COc1cc(C(=O)NC[C@](O)(c2cc3c(c(-c4ccc(OC(F)F)cc4)n2)OCC3(C)C)C(F)(F)F)cc2cn(C3CC3)nc12. The highest BCUT2D eigenvalue weighted by molar-refractivity contribution is 6.00. The van der Waals surface area contributed by atoms with E-state index >= 15 is 0 Å². The largest absolute Gasteiger partial charge is 0.494 e. The summed E-state index contributed by atoms with van der Waals surface area (Å²) in [5, 5.41) is 18.6. The van der Waals surface area contributed by atoms with E-state index in [1.807, 2.05) is 0 Å². The van der Waals surface area contributed by atoms with Gasteiger partial charge in [-0.05, 0) is 55.3 Å². The summed E-state index contributed by atoms with van der Waals surface area (Å²) in [4.78, 5) is 17.4. The molecule has 1 saturated carbocycles. The molecular weight excluding hydrogens is 603 g/mol. The van der Waals surface area contributed by atoms with Gasteiger partial charge in [0.2, 0.25) is 5.60 Å². The lowest BCUT2D eigenvalue weighted by Crippen LogP contribution is -2.51. The molecule has 0 saturated heterocycles. The topological polar surface area (TPSA) is 108 Å². The van der Waals surface area contributed by atoms with Crippen LogP contribution in [0.3, 0.4) is 0 Å². The van der Waals surface area contributed by atoms with Crippen LogP contribution in [0.15, 0.2) is 48.7 Å². The average Bonchev–Trinajstić information content (AvgIpc) is 3.67. The van der Waals surface area contributed by atoms with E-state index in [1.165, 1.54) is 43.5 Å². The van der Waals surface area contributed by atoms with Crippen molar-refractivity contribution in [3.63, 3.8) is 0 Å². The van der Waals surface area contributed by atoms with Crippen LogP contribution in [0, 0.1) is 0 Å². The van der Waals surface area contributed by atoms with Gasteiger partial charge in [-0.15, -0.1) is 0 Å². The second-order valence-electron chi connectivity index (χ2n) is 11.8. The molecule has 9 nitrogen and oxygen atoms in total. The van der Waals surface area contributed by atoms with Crippen LogP contribution in [-0.4, -0.2) is 58.8 Å². The number of nitrogens with zero attached hydrogens (tertiary/aromatic N) is 3. The number of methoxy groups -OCH3 is 1. The standard InChI is InChI=1S/C31H29F5N4O5/c1-29(2)15-44-26-21(29)12-23(38-25(26)16-4-8-20(9-5-16)45-28(32)33)30(42,31(34,35)36)14-37-27(41)17-10-18-13-40(19-6-7-19)39-24(18)22(11-17)43-3/h4-5,8-13,19,28,42H,6-7,14-15H2,1-3H3,(H,37,41)/t30-/m0/s1. The van der Waals surface area contributed by atoms with Crippen molar-refractivity contribution in [2.75, 3.05) is 20.3 Å². The summed E-state index contributed by atoms with van der Waals surface area (Å²) in [6.07, 6.45) is -1.57. The summed E-state index contributed by atoms with van der Waals surface area (Å²) < 4.78 is 86.8. The molecule has 45 heavy (non-hydrogen) atoms. The normalized spacial score (nSPS) is 17.1. The van der Waals surface area contributed by atoms with Gasteiger partial charge in [0, 0.05) is 33.7 Å². The number of fused-ring (bicyclic) bond motifs is 2. The van der Waals surface area contributed by atoms with Crippen molar-refractivity contribution in [2.45, 2.75) is 56.5 Å². The fraction of sp³-hybridized carbons (Fsp3) is 0.387. The Morgan fingerprint density at radius 2 is 1.89 bits per heavy atom. The summed E-state index contributed by atoms with van der Waals surface area (Å²) >= 11 is 0. The van der Waals surface area contributed by atoms with Gasteiger partial charge >= 0.3 is 12.8 Å². The molecule has 4 aromatic rings. The quantitative estimate of drug-likeness (QED) is 0.222. The number of aliphatic hydroxyl groups is 1. The third-order valence-corrected chi connectivity index (χ3v) is 8.02. The Hall–Kier alpha value is -4.46. The zero-order valence-electron chi connectivity index (χ0n) is 24.4. The van der Waals surface area contributed by atoms with Crippen LogP contribution in [-0.2, 0) is 11.0 Å². The smallest absolute Gasteiger partial charge is 0.424 e. The van der Waals surface area contributed by atoms with Gasteiger partial charge in [-0.2, -0.15) is 27.1 Å². The molecule has 2 aliphatic rings. The molecule has 1 aliphatic carbocycles. The molecule has 0 spiro atoms. The number of aromatic nitrogens is 3. The van der Waals surface area contributed by atoms with E-state index in [0.29, 0.717) is 16.5 Å². The Morgan fingerprint density at radius 3 is 2.51 bits per heavy atom. The first-order valence-electron chi connectivity index (χ1n) is 14.1. The second-order valence-corrected chi connectivity index (χ2v) is 11.8. The van der Waals surface area contributed by atoms with E-state index < -0.39 is 41.9 Å². The van der Waals surface area contributed by atoms with E-state index in [9.17, 15) is 31.9 Å². The Balaban J connectivity index is 1.36. The third kappa shape index (κ3) is 5.62. The van der Waals surface area contributed by atoms with Crippen molar-refractivity contribution in [3.8, 4) is 28.5 Å². The number of ether oxygens (including phenoxy) is 3. The molecule has 238 valence electrons. The first kappa shape index (κ1) is 30.6. The molecule has 2 aromatic heterocycles. The molecule has 0 unspecified atom stereocenters. The van der Waals surface area contributed by atoms with Gasteiger partial charge in [0.15, 0.2) is 0 Å². The van der Waals surface area contributed by atoms with Gasteiger partial charge in [0.25, 0.3) is 5.91 Å². The summed E-state index contributed by atoms with van der Waals surface area (Å²) in [7, 11) is 1.40. The van der Waals surface area contributed by atoms with E-state index in [2.05, 4.69) is 20.1 Å². The highest BCUT2D eigenvalue weighted by Gasteiger charge is 2.57. The molecule has 0 radical (unpaired) electrons. The fourth-order valence-electron chi connectivity index (χ4n) is 5.30. The van der Waals surface area contributed by atoms with Crippen LogP contribution >= 0.6 is 0 Å². The minimum absolute atomic E-state index is 0.0162. The van der Waals surface area contributed by atoms with E-state index in [4.69, 9.17) is 9.47 Å². The third-order valence-electron chi connectivity index (χ3n) is 8.02. The predicted molar refractivity (Wildman–Crippen MR) is 152 cm³/mol. The maximum absolute atomic E-state index is 14.7. The van der Waals surface area contributed by atoms with Gasteiger partial charge in [0.1, 0.15) is 28.5 Å². The van der Waals surface area contributed by atoms with E-state index in [0.717, 1.165) is 18.9 Å². The van der Waals surface area contributed by atoms with Crippen LogP contribution < -0.4 is 19.5 Å². The van der Waals surface area contributed by atoms with E-state index in [-0.39, 0.29) is 46.7 Å². The molecule has 1 aliphatic heterocycles. The minimum Gasteiger partial charge on any atom is -0.494 e. The number of halogens is 5. The summed E-state index contributed by atoms with van der Waals surface area (Å²) in [6.45, 7) is -0.684. The van der Waals surface area contributed by atoms with Gasteiger partial charge in [-0.3, -0.25) is 9.48 Å². The Bertz CT molecular complexity index is 1770. The Labute approximate surface area is 253 Å². The number of amides is 1. The fourth-order valence-corrected chi connectivity index (χ4v) is 5.30. The highest BCUT2D eigenvalue weighted by atomic mass is 19.4. The number of alkyl halides is 5. The predicted octanol–water partition coefficient (Wildman–Crippen LogP) is 5.89. The molecule has 1 amide bonds. The molecule has 14 heteroatoms. The molecule has 1 fully saturated rings. The van der Waals surface area contributed by atoms with Crippen molar-refractivity contribution in [3.05, 3.63) is 65.5 Å². The van der Waals surface area contributed by atoms with Crippen molar-refractivity contribution in [2.24, 2.45) is 0 Å². The number of hydrogen-bond donors (Lipinski definition) is 2. The highest BCUT2D eigenvalue weighted by Crippen LogP contribution is 2.48. The molecule has 2 aromatic carbocycles. The van der Waals surface area contributed by atoms with Gasteiger partial charge in [-0.25, -0.2) is 4.98 Å². The van der Waals surface area contributed by atoms with Crippen molar-refractivity contribution in [1.82, 2.24) is 20.1 Å². The molecular formula is C31H29F5N4O5.